The molecule has 0 radical (unpaired) electrons. The molecule has 5 nitrogen and oxygen atoms in total. The molecule has 1 saturated carbocycles. The van der Waals surface area contributed by atoms with Crippen molar-refractivity contribution in [1.82, 2.24) is 4.90 Å². The molecule has 0 aromatic carbocycles. The van der Waals surface area contributed by atoms with Crippen LogP contribution in [0.25, 0.3) is 0 Å². The maximum absolute atomic E-state index is 12.8. The topological polar surface area (TPSA) is 74.7 Å². The van der Waals surface area contributed by atoms with E-state index in [-0.39, 0.29) is 24.9 Å². The Balaban J connectivity index is 2.10. The molecule has 1 amide bonds. The van der Waals surface area contributed by atoms with E-state index in [1.165, 1.54) is 4.90 Å². The molecule has 98 valence electrons. The first-order valence-corrected chi connectivity index (χ1v) is 7.25. The molecule has 1 saturated heterocycles. The minimum absolute atomic E-state index is 0.126. The van der Waals surface area contributed by atoms with Gasteiger partial charge in [0.15, 0.2) is 0 Å². The number of halogens is 1. The molecule has 1 aliphatic carbocycles. The molecule has 0 aromatic heterocycles. The van der Waals surface area contributed by atoms with Crippen LogP contribution in [0.1, 0.15) is 32.1 Å². The molecule has 0 bridgehead atoms. The maximum atomic E-state index is 12.8. The average Bonchev–Trinajstić information content (AvgIpc) is 2.61. The molecule has 0 spiro atoms. The summed E-state index contributed by atoms with van der Waals surface area (Å²) >= 11 is 0. The van der Waals surface area contributed by atoms with Gasteiger partial charge in [-0.15, -0.1) is 3.89 Å². The maximum Gasteiger partial charge on any atom is 0.307 e. The fourth-order valence-electron chi connectivity index (χ4n) is 2.66. The van der Waals surface area contributed by atoms with Crippen molar-refractivity contribution in [3.05, 3.63) is 0 Å². The van der Waals surface area contributed by atoms with Crippen molar-refractivity contribution in [3.8, 4) is 0 Å². The van der Waals surface area contributed by atoms with E-state index in [9.17, 15) is 22.2 Å². The highest BCUT2D eigenvalue weighted by Crippen LogP contribution is 2.29. The van der Waals surface area contributed by atoms with Crippen LogP contribution in [0.15, 0.2) is 0 Å². The Bertz CT molecular complexity index is 411. The van der Waals surface area contributed by atoms with Crippen LogP contribution >= 0.6 is 0 Å². The number of rotatable bonds is 2. The van der Waals surface area contributed by atoms with Gasteiger partial charge < -0.3 is 10.0 Å². The third kappa shape index (κ3) is 2.60. The fourth-order valence-corrected chi connectivity index (χ4v) is 3.34. The molecule has 2 rings (SSSR count). The van der Waals surface area contributed by atoms with E-state index < -0.39 is 21.6 Å². The highest BCUT2D eigenvalue weighted by atomic mass is 32.3. The first-order chi connectivity index (χ1) is 7.89. The summed E-state index contributed by atoms with van der Waals surface area (Å²) in [7, 11) is -4.67. The zero-order chi connectivity index (χ0) is 12.6. The van der Waals surface area contributed by atoms with E-state index >= 15 is 0 Å². The van der Waals surface area contributed by atoms with E-state index in [1.54, 1.807) is 0 Å². The quantitative estimate of drug-likeness (QED) is 0.723. The Morgan fingerprint density at radius 1 is 1.29 bits per heavy atom. The van der Waals surface area contributed by atoms with Crippen molar-refractivity contribution in [2.24, 2.45) is 0 Å². The predicted octanol–water partition coefficient (Wildman–Crippen LogP) is 0.190. The number of amides is 1. The minimum Gasteiger partial charge on any atom is -0.391 e. The summed E-state index contributed by atoms with van der Waals surface area (Å²) < 4.78 is 34.4. The lowest BCUT2D eigenvalue weighted by molar-refractivity contribution is -0.133. The molecular weight excluding hydrogens is 249 g/mol. The first kappa shape index (κ1) is 12.8. The van der Waals surface area contributed by atoms with Gasteiger partial charge in [0.25, 0.3) is 0 Å². The standard InChI is InChI=1S/C10H16FNO4S/c11-17(15,16)7-5-10(14)12(6-7)8-3-1-2-4-9(8)13/h7-9,13H,1-6H2/t7?,8-,9-/m0/s1. The summed E-state index contributed by atoms with van der Waals surface area (Å²) in [5, 5.41) is 8.54. The molecule has 1 N–H and O–H groups in total. The van der Waals surface area contributed by atoms with Crippen LogP contribution < -0.4 is 0 Å². The van der Waals surface area contributed by atoms with Gasteiger partial charge in [-0.1, -0.05) is 12.8 Å². The third-order valence-corrected chi connectivity index (χ3v) is 4.73. The molecular formula is C10H16FNO4S. The van der Waals surface area contributed by atoms with E-state index in [0.717, 1.165) is 12.8 Å². The van der Waals surface area contributed by atoms with Gasteiger partial charge in [0, 0.05) is 13.0 Å². The van der Waals surface area contributed by atoms with Crippen LogP contribution in [0, 0.1) is 0 Å². The SMILES string of the molecule is O=C1CC(S(=O)(=O)F)CN1[C@H]1CCCC[C@@H]1O. The van der Waals surface area contributed by atoms with Gasteiger partial charge in [-0.3, -0.25) is 4.79 Å². The predicted molar refractivity (Wildman–Crippen MR) is 58.4 cm³/mol. The number of aliphatic hydroxyl groups is 1. The highest BCUT2D eigenvalue weighted by molar-refractivity contribution is 7.87. The van der Waals surface area contributed by atoms with Crippen molar-refractivity contribution >= 4 is 16.1 Å². The zero-order valence-corrected chi connectivity index (χ0v) is 10.2. The molecule has 2 aliphatic rings. The highest BCUT2D eigenvalue weighted by Gasteiger charge is 2.43. The Labute approximate surface area is 99.8 Å². The Kier molecular flexibility index (Phi) is 3.40. The Morgan fingerprint density at radius 2 is 1.94 bits per heavy atom. The molecule has 1 heterocycles. The van der Waals surface area contributed by atoms with Crippen LogP contribution in [0.5, 0.6) is 0 Å². The van der Waals surface area contributed by atoms with Gasteiger partial charge in [0.1, 0.15) is 5.25 Å². The number of hydrogen-bond donors (Lipinski definition) is 1. The Hall–Kier alpha value is -0.690. The lowest BCUT2D eigenvalue weighted by atomic mass is 9.91. The van der Waals surface area contributed by atoms with Crippen molar-refractivity contribution in [3.63, 3.8) is 0 Å². The van der Waals surface area contributed by atoms with Gasteiger partial charge in [0.2, 0.25) is 5.91 Å². The van der Waals surface area contributed by atoms with Crippen molar-refractivity contribution in [2.45, 2.75) is 49.5 Å². The van der Waals surface area contributed by atoms with Crippen molar-refractivity contribution in [1.29, 1.82) is 0 Å². The first-order valence-electron chi connectivity index (χ1n) is 5.80. The third-order valence-electron chi connectivity index (χ3n) is 3.62. The number of carbonyl (C=O) groups is 1. The van der Waals surface area contributed by atoms with Gasteiger partial charge in [0.05, 0.1) is 12.1 Å². The van der Waals surface area contributed by atoms with Crippen molar-refractivity contribution in [2.75, 3.05) is 6.54 Å². The van der Waals surface area contributed by atoms with E-state index in [2.05, 4.69) is 0 Å². The van der Waals surface area contributed by atoms with Gasteiger partial charge in [-0.2, -0.15) is 8.42 Å². The Morgan fingerprint density at radius 3 is 2.47 bits per heavy atom. The smallest absolute Gasteiger partial charge is 0.307 e. The zero-order valence-electron chi connectivity index (χ0n) is 9.38. The summed E-state index contributed by atoms with van der Waals surface area (Å²) in [5.41, 5.74) is 0. The molecule has 3 atom stereocenters. The average molecular weight is 265 g/mol. The summed E-state index contributed by atoms with van der Waals surface area (Å²) in [6.07, 6.45) is 2.16. The summed E-state index contributed by atoms with van der Waals surface area (Å²) in [6, 6.07) is -0.344. The van der Waals surface area contributed by atoms with Gasteiger partial charge in [-0.25, -0.2) is 0 Å². The second-order valence-corrected chi connectivity index (χ2v) is 6.38. The summed E-state index contributed by atoms with van der Waals surface area (Å²) in [4.78, 5) is 13.0. The van der Waals surface area contributed by atoms with Crippen LogP contribution in [0.3, 0.4) is 0 Å². The lowest BCUT2D eigenvalue weighted by Crippen LogP contribution is -2.46. The van der Waals surface area contributed by atoms with E-state index in [1.807, 2.05) is 0 Å². The van der Waals surface area contributed by atoms with Crippen LogP contribution in [0.4, 0.5) is 3.89 Å². The molecule has 2 fully saturated rings. The summed E-state index contributed by atoms with van der Waals surface area (Å²) in [5.74, 6) is -0.373. The van der Waals surface area contributed by atoms with E-state index in [0.29, 0.717) is 12.8 Å². The van der Waals surface area contributed by atoms with E-state index in [4.69, 9.17) is 0 Å². The van der Waals surface area contributed by atoms with Crippen molar-refractivity contribution < 1.29 is 22.2 Å². The number of likely N-dealkylation sites (tertiary alicyclic amines) is 1. The number of carbonyl (C=O) groups excluding carboxylic acids is 1. The normalized spacial score (nSPS) is 35.3. The number of aliphatic hydroxyl groups excluding tert-OH is 1. The molecule has 17 heavy (non-hydrogen) atoms. The summed E-state index contributed by atoms with van der Waals surface area (Å²) in [6.45, 7) is -0.126. The fraction of sp³-hybridized carbons (Fsp3) is 0.900. The second kappa shape index (κ2) is 4.53. The molecule has 7 heteroatoms. The molecule has 1 unspecified atom stereocenters. The molecule has 0 aromatic rings. The monoisotopic (exact) mass is 265 g/mol. The van der Waals surface area contributed by atoms with Crippen LogP contribution in [-0.4, -0.2) is 48.3 Å². The van der Waals surface area contributed by atoms with Crippen LogP contribution in [0.2, 0.25) is 0 Å². The van der Waals surface area contributed by atoms with Crippen LogP contribution in [-0.2, 0) is 15.0 Å². The second-order valence-electron chi connectivity index (χ2n) is 4.77. The minimum atomic E-state index is -4.67. The lowest BCUT2D eigenvalue weighted by Gasteiger charge is -2.35. The largest absolute Gasteiger partial charge is 0.391 e. The molecule has 1 aliphatic heterocycles. The number of hydrogen-bond acceptors (Lipinski definition) is 4. The van der Waals surface area contributed by atoms with Gasteiger partial charge in [-0.05, 0) is 12.8 Å². The van der Waals surface area contributed by atoms with Gasteiger partial charge >= 0.3 is 10.2 Å². The number of nitrogens with zero attached hydrogens (tertiary/aromatic N) is 1.